The molecule has 0 aromatic heterocycles. The van der Waals surface area contributed by atoms with Gasteiger partial charge in [0, 0.05) is 6.04 Å². The molecule has 0 bridgehead atoms. The summed E-state index contributed by atoms with van der Waals surface area (Å²) in [7, 11) is 1.30. The largest absolute Gasteiger partial charge is 0.465 e. The molecule has 88 valence electrons. The molecule has 3 nitrogen and oxygen atoms in total. The Morgan fingerprint density at radius 3 is 2.69 bits per heavy atom. The highest BCUT2D eigenvalue weighted by Crippen LogP contribution is 2.17. The summed E-state index contributed by atoms with van der Waals surface area (Å²) in [6.45, 7) is 3.46. The van der Waals surface area contributed by atoms with Crippen LogP contribution in [0.3, 0.4) is 0 Å². The molecule has 0 amide bonds. The summed E-state index contributed by atoms with van der Waals surface area (Å²) in [5.41, 5.74) is 7.01. The fourth-order valence-electron chi connectivity index (χ4n) is 1.55. The van der Waals surface area contributed by atoms with Crippen LogP contribution in [-0.4, -0.2) is 19.1 Å². The van der Waals surface area contributed by atoms with Crippen molar-refractivity contribution in [2.24, 2.45) is 5.73 Å². The van der Waals surface area contributed by atoms with Crippen LogP contribution in [0, 0.1) is 12.7 Å². The maximum atomic E-state index is 13.6. The van der Waals surface area contributed by atoms with Crippen molar-refractivity contribution in [1.82, 2.24) is 0 Å². The minimum atomic E-state index is -0.455. The van der Waals surface area contributed by atoms with Gasteiger partial charge in [-0.05, 0) is 43.5 Å². The molecule has 0 aliphatic heterocycles. The molecule has 0 fully saturated rings. The van der Waals surface area contributed by atoms with Crippen LogP contribution in [0.25, 0.3) is 0 Å². The zero-order chi connectivity index (χ0) is 12.3. The first-order chi connectivity index (χ1) is 7.45. The number of rotatable bonds is 3. The number of methoxy groups -OCH3 is 1. The molecular weight excluding hydrogens is 209 g/mol. The Kier molecular flexibility index (Phi) is 4.01. The lowest BCUT2D eigenvalue weighted by atomic mass is 10.0. The number of esters is 1. The van der Waals surface area contributed by atoms with Gasteiger partial charge in [-0.2, -0.15) is 0 Å². The summed E-state index contributed by atoms with van der Waals surface area (Å²) in [5.74, 6) is -0.786. The summed E-state index contributed by atoms with van der Waals surface area (Å²) in [4.78, 5) is 11.4. The molecule has 1 atom stereocenters. The maximum Gasteiger partial charge on any atom is 0.338 e. The van der Waals surface area contributed by atoms with E-state index in [0.29, 0.717) is 23.1 Å². The molecule has 1 rings (SSSR count). The molecule has 0 aliphatic rings. The minimum Gasteiger partial charge on any atom is -0.465 e. The molecule has 0 spiro atoms. The first-order valence-corrected chi connectivity index (χ1v) is 5.08. The summed E-state index contributed by atoms with van der Waals surface area (Å²) in [6.07, 6.45) is 0.399. The van der Waals surface area contributed by atoms with E-state index in [1.807, 2.05) is 0 Å². The average Bonchev–Trinajstić information content (AvgIpc) is 2.20. The Balaban J connectivity index is 3.16. The molecule has 0 aliphatic carbocycles. The van der Waals surface area contributed by atoms with Gasteiger partial charge in [0.25, 0.3) is 0 Å². The van der Waals surface area contributed by atoms with E-state index in [1.165, 1.54) is 19.2 Å². The van der Waals surface area contributed by atoms with Crippen molar-refractivity contribution in [1.29, 1.82) is 0 Å². The summed E-state index contributed by atoms with van der Waals surface area (Å²) in [5, 5.41) is 0. The number of nitrogens with two attached hydrogens (primary N) is 1. The van der Waals surface area contributed by atoms with Crippen molar-refractivity contribution in [3.05, 3.63) is 34.6 Å². The second-order valence-corrected chi connectivity index (χ2v) is 3.93. The van der Waals surface area contributed by atoms with Crippen molar-refractivity contribution in [2.75, 3.05) is 7.11 Å². The summed E-state index contributed by atoms with van der Waals surface area (Å²) >= 11 is 0. The van der Waals surface area contributed by atoms with Crippen molar-refractivity contribution in [2.45, 2.75) is 26.3 Å². The lowest BCUT2D eigenvalue weighted by Crippen LogP contribution is -2.19. The first-order valence-electron chi connectivity index (χ1n) is 5.08. The van der Waals surface area contributed by atoms with Crippen LogP contribution in [0.4, 0.5) is 4.39 Å². The Hall–Kier alpha value is -1.42. The fourth-order valence-corrected chi connectivity index (χ4v) is 1.55. The summed E-state index contributed by atoms with van der Waals surface area (Å²) < 4.78 is 18.2. The smallest absolute Gasteiger partial charge is 0.338 e. The van der Waals surface area contributed by atoms with Crippen LogP contribution in [-0.2, 0) is 11.2 Å². The lowest BCUT2D eigenvalue weighted by molar-refractivity contribution is 0.0599. The van der Waals surface area contributed by atoms with Crippen molar-refractivity contribution >= 4 is 5.97 Å². The number of ether oxygens (including phenoxy) is 1. The van der Waals surface area contributed by atoms with E-state index in [4.69, 9.17) is 5.73 Å². The van der Waals surface area contributed by atoms with E-state index in [9.17, 15) is 9.18 Å². The number of halogens is 1. The van der Waals surface area contributed by atoms with Crippen molar-refractivity contribution in [3.8, 4) is 0 Å². The topological polar surface area (TPSA) is 52.3 Å². The third-order valence-electron chi connectivity index (χ3n) is 2.34. The predicted molar refractivity (Wildman–Crippen MR) is 59.8 cm³/mol. The van der Waals surface area contributed by atoms with E-state index in [2.05, 4.69) is 4.74 Å². The lowest BCUT2D eigenvalue weighted by Gasteiger charge is -2.10. The van der Waals surface area contributed by atoms with E-state index >= 15 is 0 Å². The quantitative estimate of drug-likeness (QED) is 0.798. The molecule has 2 N–H and O–H groups in total. The first kappa shape index (κ1) is 12.6. The third kappa shape index (κ3) is 2.79. The monoisotopic (exact) mass is 225 g/mol. The minimum absolute atomic E-state index is 0.150. The van der Waals surface area contributed by atoms with Gasteiger partial charge in [-0.25, -0.2) is 9.18 Å². The Morgan fingerprint density at radius 1 is 1.56 bits per heavy atom. The average molecular weight is 225 g/mol. The van der Waals surface area contributed by atoms with E-state index in [1.54, 1.807) is 13.8 Å². The van der Waals surface area contributed by atoms with E-state index in [0.717, 1.165) is 0 Å². The maximum absolute atomic E-state index is 13.6. The highest BCUT2D eigenvalue weighted by Gasteiger charge is 2.14. The van der Waals surface area contributed by atoms with Gasteiger partial charge in [-0.1, -0.05) is 0 Å². The van der Waals surface area contributed by atoms with Gasteiger partial charge in [0.1, 0.15) is 5.82 Å². The van der Waals surface area contributed by atoms with Gasteiger partial charge < -0.3 is 10.5 Å². The standard InChI is InChI=1S/C12H16FNO2/c1-7-4-11(13)9(5-8(2)14)6-10(7)12(15)16-3/h4,6,8H,5,14H2,1-3H3. The Labute approximate surface area is 94.4 Å². The van der Waals surface area contributed by atoms with Crippen LogP contribution in [0.5, 0.6) is 0 Å². The fraction of sp³-hybridized carbons (Fsp3) is 0.417. The van der Waals surface area contributed by atoms with Gasteiger partial charge >= 0.3 is 5.97 Å². The SMILES string of the molecule is COC(=O)c1cc(CC(C)N)c(F)cc1C. The molecule has 16 heavy (non-hydrogen) atoms. The zero-order valence-corrected chi connectivity index (χ0v) is 9.71. The van der Waals surface area contributed by atoms with Crippen LogP contribution in [0.15, 0.2) is 12.1 Å². The molecule has 0 saturated heterocycles. The third-order valence-corrected chi connectivity index (χ3v) is 2.34. The number of hydrogen-bond acceptors (Lipinski definition) is 3. The van der Waals surface area contributed by atoms with Crippen LogP contribution >= 0.6 is 0 Å². The second-order valence-electron chi connectivity index (χ2n) is 3.93. The number of benzene rings is 1. The predicted octanol–water partition coefficient (Wildman–Crippen LogP) is 1.81. The van der Waals surface area contributed by atoms with Crippen LogP contribution < -0.4 is 5.73 Å². The van der Waals surface area contributed by atoms with Gasteiger partial charge in [-0.15, -0.1) is 0 Å². The van der Waals surface area contributed by atoms with Gasteiger partial charge in [0.2, 0.25) is 0 Å². The second kappa shape index (κ2) is 5.07. The molecule has 1 unspecified atom stereocenters. The number of hydrogen-bond donors (Lipinski definition) is 1. The summed E-state index contributed by atoms with van der Waals surface area (Å²) in [6, 6.07) is 2.70. The van der Waals surface area contributed by atoms with Crippen molar-refractivity contribution in [3.63, 3.8) is 0 Å². The van der Waals surface area contributed by atoms with Crippen molar-refractivity contribution < 1.29 is 13.9 Å². The molecule has 0 radical (unpaired) electrons. The van der Waals surface area contributed by atoms with E-state index in [-0.39, 0.29) is 11.9 Å². The zero-order valence-electron chi connectivity index (χ0n) is 9.71. The van der Waals surface area contributed by atoms with E-state index < -0.39 is 5.97 Å². The molecule has 4 heteroatoms. The van der Waals surface area contributed by atoms with Gasteiger partial charge in [-0.3, -0.25) is 0 Å². The highest BCUT2D eigenvalue weighted by atomic mass is 19.1. The highest BCUT2D eigenvalue weighted by molar-refractivity contribution is 5.91. The number of carbonyl (C=O) groups is 1. The molecule has 0 saturated carbocycles. The van der Waals surface area contributed by atoms with Gasteiger partial charge in [0.05, 0.1) is 12.7 Å². The van der Waals surface area contributed by atoms with Gasteiger partial charge in [0.15, 0.2) is 0 Å². The molecule has 1 aromatic carbocycles. The molecular formula is C12H16FNO2. The Bertz CT molecular complexity index is 402. The normalized spacial score (nSPS) is 12.3. The van der Waals surface area contributed by atoms with Crippen LogP contribution in [0.2, 0.25) is 0 Å². The number of carbonyl (C=O) groups excluding carboxylic acids is 1. The molecule has 0 heterocycles. The molecule has 1 aromatic rings. The number of aryl methyl sites for hydroxylation is 1. The Morgan fingerprint density at radius 2 is 2.19 bits per heavy atom. The van der Waals surface area contributed by atoms with Crippen LogP contribution in [0.1, 0.15) is 28.4 Å².